The zero-order valence-electron chi connectivity index (χ0n) is 11.5. The van der Waals surface area contributed by atoms with Gasteiger partial charge in [0.2, 0.25) is 0 Å². The number of carbonyl (C=O) groups excluding carboxylic acids is 1. The summed E-state index contributed by atoms with van der Waals surface area (Å²) in [5.41, 5.74) is 1.26. The minimum absolute atomic E-state index is 0.00237. The number of nitrogens with one attached hydrogen (secondary N) is 2. The normalized spacial score (nSPS) is 15.3. The molecular formula is C13H17ClN2O4. The Hall–Kier alpha value is -1.50. The predicted octanol–water partition coefficient (Wildman–Crippen LogP) is 2.09. The van der Waals surface area contributed by atoms with E-state index in [2.05, 4.69) is 10.6 Å². The molecule has 1 aromatic rings. The summed E-state index contributed by atoms with van der Waals surface area (Å²) in [5, 5.41) is 6.38. The third-order valence-corrected chi connectivity index (χ3v) is 3.27. The van der Waals surface area contributed by atoms with Gasteiger partial charge in [0.05, 0.1) is 22.4 Å². The molecule has 6 nitrogen and oxygen atoms in total. The summed E-state index contributed by atoms with van der Waals surface area (Å²) in [5.74, 6) is 0.386. The van der Waals surface area contributed by atoms with Crippen LogP contribution in [-0.4, -0.2) is 39.1 Å². The molecular weight excluding hydrogens is 284 g/mol. The molecule has 0 bridgehead atoms. The van der Waals surface area contributed by atoms with Crippen LogP contribution in [0.3, 0.4) is 0 Å². The molecule has 1 aliphatic heterocycles. The van der Waals surface area contributed by atoms with Crippen molar-refractivity contribution in [3.8, 4) is 5.75 Å². The molecule has 7 heteroatoms. The Bertz CT molecular complexity index is 505. The summed E-state index contributed by atoms with van der Waals surface area (Å²) < 4.78 is 15.7. The van der Waals surface area contributed by atoms with Crippen LogP contribution in [0.15, 0.2) is 12.1 Å². The number of fused-ring (bicyclic) bond motifs is 1. The molecule has 110 valence electrons. The predicted molar refractivity (Wildman–Crippen MR) is 76.5 cm³/mol. The molecule has 0 spiro atoms. The monoisotopic (exact) mass is 300 g/mol. The maximum Gasteiger partial charge on any atom is 0.262 e. The molecule has 2 rings (SSSR count). The number of halogens is 1. The summed E-state index contributed by atoms with van der Waals surface area (Å²) >= 11 is 6.19. The second kappa shape index (κ2) is 6.30. The van der Waals surface area contributed by atoms with Crippen LogP contribution in [0.4, 0.5) is 11.4 Å². The third kappa shape index (κ3) is 3.15. The summed E-state index contributed by atoms with van der Waals surface area (Å²) in [4.78, 5) is 11.2. The van der Waals surface area contributed by atoms with Crippen LogP contribution < -0.4 is 15.4 Å². The van der Waals surface area contributed by atoms with Crippen molar-refractivity contribution in [2.45, 2.75) is 19.3 Å². The lowest BCUT2D eigenvalue weighted by Crippen LogP contribution is -2.34. The summed E-state index contributed by atoms with van der Waals surface area (Å²) in [7, 11) is 3.14. The van der Waals surface area contributed by atoms with E-state index in [1.165, 1.54) is 0 Å². The van der Waals surface area contributed by atoms with E-state index in [-0.39, 0.29) is 18.6 Å². The molecule has 0 fully saturated rings. The Morgan fingerprint density at radius 1 is 1.40 bits per heavy atom. The molecule has 0 aliphatic carbocycles. The smallest absolute Gasteiger partial charge is 0.262 e. The number of benzene rings is 1. The summed E-state index contributed by atoms with van der Waals surface area (Å²) in [6.45, 7) is 1.92. The van der Waals surface area contributed by atoms with Gasteiger partial charge in [0, 0.05) is 20.3 Å². The zero-order valence-corrected chi connectivity index (χ0v) is 12.3. The quantitative estimate of drug-likeness (QED) is 0.815. The average molecular weight is 301 g/mol. The first-order chi connectivity index (χ1) is 9.55. The number of carbonyl (C=O) groups is 1. The Kier molecular flexibility index (Phi) is 4.69. The molecule has 1 aliphatic rings. The standard InChI is InChI=1S/C13H17ClN2O4/c1-7(13(18-2)19-3)15-9-5-11-10(4-8(9)14)16-12(17)6-20-11/h4-5,7,13,15H,6H2,1-3H3,(H,16,17). The van der Waals surface area contributed by atoms with E-state index >= 15 is 0 Å². The topological polar surface area (TPSA) is 68.8 Å². The van der Waals surface area contributed by atoms with Gasteiger partial charge in [-0.2, -0.15) is 0 Å². The molecule has 20 heavy (non-hydrogen) atoms. The van der Waals surface area contributed by atoms with Crippen molar-refractivity contribution in [1.82, 2.24) is 0 Å². The van der Waals surface area contributed by atoms with Crippen molar-refractivity contribution >= 4 is 28.9 Å². The van der Waals surface area contributed by atoms with Gasteiger partial charge in [0.15, 0.2) is 12.9 Å². The summed E-state index contributed by atoms with van der Waals surface area (Å²) in [6.07, 6.45) is -0.400. The highest BCUT2D eigenvalue weighted by molar-refractivity contribution is 6.33. The lowest BCUT2D eigenvalue weighted by atomic mass is 10.2. The van der Waals surface area contributed by atoms with Crippen molar-refractivity contribution in [3.05, 3.63) is 17.2 Å². The van der Waals surface area contributed by atoms with Crippen LogP contribution in [0.1, 0.15) is 6.92 Å². The molecule has 0 saturated carbocycles. The Morgan fingerprint density at radius 2 is 2.10 bits per heavy atom. The largest absolute Gasteiger partial charge is 0.482 e. The van der Waals surface area contributed by atoms with Crippen molar-refractivity contribution in [1.29, 1.82) is 0 Å². The fourth-order valence-electron chi connectivity index (χ4n) is 2.03. The number of methoxy groups -OCH3 is 2. The second-order valence-electron chi connectivity index (χ2n) is 4.44. The van der Waals surface area contributed by atoms with Crippen molar-refractivity contribution in [3.63, 3.8) is 0 Å². The molecule has 0 aromatic heterocycles. The highest BCUT2D eigenvalue weighted by Crippen LogP contribution is 2.36. The van der Waals surface area contributed by atoms with E-state index < -0.39 is 6.29 Å². The highest BCUT2D eigenvalue weighted by atomic mass is 35.5. The van der Waals surface area contributed by atoms with Crippen molar-refractivity contribution < 1.29 is 19.0 Å². The fourth-order valence-corrected chi connectivity index (χ4v) is 2.25. The first kappa shape index (κ1) is 14.9. The van der Waals surface area contributed by atoms with Crippen molar-refractivity contribution in [2.75, 3.05) is 31.5 Å². The van der Waals surface area contributed by atoms with Gasteiger partial charge in [-0.3, -0.25) is 4.79 Å². The van der Waals surface area contributed by atoms with Gasteiger partial charge in [-0.05, 0) is 13.0 Å². The maximum absolute atomic E-state index is 11.2. The van der Waals surface area contributed by atoms with Gasteiger partial charge >= 0.3 is 0 Å². The SMILES string of the molecule is COC(OC)C(C)Nc1cc2c(cc1Cl)NC(=O)CO2. The molecule has 0 radical (unpaired) electrons. The third-order valence-electron chi connectivity index (χ3n) is 2.96. The number of ether oxygens (including phenoxy) is 3. The van der Waals surface area contributed by atoms with E-state index in [4.69, 9.17) is 25.8 Å². The minimum atomic E-state index is -0.400. The highest BCUT2D eigenvalue weighted by Gasteiger charge is 2.21. The Labute approximate surface area is 122 Å². The lowest BCUT2D eigenvalue weighted by molar-refractivity contribution is -0.118. The van der Waals surface area contributed by atoms with E-state index in [9.17, 15) is 4.79 Å². The van der Waals surface area contributed by atoms with Crippen LogP contribution >= 0.6 is 11.6 Å². The lowest BCUT2D eigenvalue weighted by Gasteiger charge is -2.25. The van der Waals surface area contributed by atoms with Crippen LogP contribution in [0.2, 0.25) is 5.02 Å². The van der Waals surface area contributed by atoms with E-state index in [0.717, 1.165) is 0 Å². The van der Waals surface area contributed by atoms with Crippen LogP contribution in [0.25, 0.3) is 0 Å². The molecule has 1 aromatic carbocycles. The average Bonchev–Trinajstić information content (AvgIpc) is 2.41. The van der Waals surface area contributed by atoms with Gasteiger partial charge in [-0.25, -0.2) is 0 Å². The van der Waals surface area contributed by atoms with Gasteiger partial charge in [-0.15, -0.1) is 0 Å². The van der Waals surface area contributed by atoms with Crippen LogP contribution in [0, 0.1) is 0 Å². The van der Waals surface area contributed by atoms with E-state index in [1.54, 1.807) is 26.4 Å². The number of hydrogen-bond donors (Lipinski definition) is 2. The van der Waals surface area contributed by atoms with E-state index in [0.29, 0.717) is 22.1 Å². The van der Waals surface area contributed by atoms with Gasteiger partial charge in [0.1, 0.15) is 5.75 Å². The minimum Gasteiger partial charge on any atom is -0.482 e. The molecule has 1 unspecified atom stereocenters. The van der Waals surface area contributed by atoms with Crippen LogP contribution in [0.5, 0.6) is 5.75 Å². The summed E-state index contributed by atoms with van der Waals surface area (Å²) in [6, 6.07) is 3.28. The molecule has 1 heterocycles. The molecule has 0 saturated heterocycles. The molecule has 2 N–H and O–H groups in total. The van der Waals surface area contributed by atoms with Gasteiger partial charge < -0.3 is 24.8 Å². The van der Waals surface area contributed by atoms with Gasteiger partial charge in [-0.1, -0.05) is 11.6 Å². The maximum atomic E-state index is 11.2. The first-order valence-electron chi connectivity index (χ1n) is 6.13. The number of rotatable bonds is 5. The number of hydrogen-bond acceptors (Lipinski definition) is 5. The number of amides is 1. The Morgan fingerprint density at radius 3 is 2.75 bits per heavy atom. The zero-order chi connectivity index (χ0) is 14.7. The van der Waals surface area contributed by atoms with Crippen LogP contribution in [-0.2, 0) is 14.3 Å². The molecule has 1 amide bonds. The van der Waals surface area contributed by atoms with Crippen molar-refractivity contribution in [2.24, 2.45) is 0 Å². The first-order valence-corrected chi connectivity index (χ1v) is 6.51. The Balaban J connectivity index is 2.19. The second-order valence-corrected chi connectivity index (χ2v) is 4.85. The van der Waals surface area contributed by atoms with E-state index in [1.807, 2.05) is 6.92 Å². The fraction of sp³-hybridized carbons (Fsp3) is 0.462. The number of anilines is 2. The van der Waals surface area contributed by atoms with Gasteiger partial charge in [0.25, 0.3) is 5.91 Å². The molecule has 1 atom stereocenters.